The van der Waals surface area contributed by atoms with Crippen molar-refractivity contribution in [1.82, 2.24) is 0 Å². The molecule has 4 atom stereocenters. The van der Waals surface area contributed by atoms with Gasteiger partial charge in [-0.25, -0.2) is 0 Å². The molecule has 0 amide bonds. The Balaban J connectivity index is 1.97. The Morgan fingerprint density at radius 1 is 1.11 bits per heavy atom. The molecule has 2 aromatic rings. The molecule has 0 spiro atoms. The van der Waals surface area contributed by atoms with Gasteiger partial charge >= 0.3 is 6.18 Å². The third-order valence-electron chi connectivity index (χ3n) is 5.67. The van der Waals surface area contributed by atoms with Crippen LogP contribution in [0.25, 0.3) is 0 Å². The summed E-state index contributed by atoms with van der Waals surface area (Å²) in [6, 6.07) is 14.3. The van der Waals surface area contributed by atoms with Crippen LogP contribution in [-0.2, 0) is 6.18 Å². The van der Waals surface area contributed by atoms with Crippen LogP contribution in [0.3, 0.4) is 0 Å². The maximum Gasteiger partial charge on any atom is 0.416 e. The summed E-state index contributed by atoms with van der Waals surface area (Å²) < 4.78 is 39.6. The van der Waals surface area contributed by atoms with Crippen LogP contribution in [0.1, 0.15) is 55.3 Å². The zero-order valence-corrected chi connectivity index (χ0v) is 16.3. The molecule has 1 heterocycles. The van der Waals surface area contributed by atoms with Gasteiger partial charge in [-0.15, -0.1) is 11.6 Å². The van der Waals surface area contributed by atoms with Gasteiger partial charge in [0.2, 0.25) is 0 Å². The van der Waals surface area contributed by atoms with Crippen molar-refractivity contribution in [2.75, 3.05) is 11.2 Å². The van der Waals surface area contributed by atoms with E-state index in [4.69, 9.17) is 11.6 Å². The van der Waals surface area contributed by atoms with Gasteiger partial charge in [0.15, 0.2) is 0 Å². The van der Waals surface area contributed by atoms with Gasteiger partial charge in [-0.2, -0.15) is 13.2 Å². The number of anilines is 1. The SMILES string of the molecule is CC1c2cc(C(F)(F)F)ccc2N[C@@H](c2ccccc2)[C@@H]1CC[C@@H](C)CCl. The fourth-order valence-electron chi connectivity index (χ4n) is 4.00. The van der Waals surface area contributed by atoms with E-state index in [1.54, 1.807) is 6.07 Å². The molecule has 0 fully saturated rings. The van der Waals surface area contributed by atoms with Gasteiger partial charge in [-0.1, -0.05) is 44.2 Å². The first-order valence-electron chi connectivity index (χ1n) is 9.40. The van der Waals surface area contributed by atoms with E-state index < -0.39 is 11.7 Å². The minimum atomic E-state index is -4.33. The molecule has 146 valence electrons. The molecule has 0 radical (unpaired) electrons. The van der Waals surface area contributed by atoms with Crippen LogP contribution in [0.5, 0.6) is 0 Å². The topological polar surface area (TPSA) is 12.0 Å². The summed E-state index contributed by atoms with van der Waals surface area (Å²) in [6.07, 6.45) is -2.46. The number of rotatable bonds is 5. The fraction of sp³-hybridized carbons (Fsp3) is 0.455. The normalized spacial score (nSPS) is 23.4. The van der Waals surface area contributed by atoms with Crippen LogP contribution in [0.2, 0.25) is 0 Å². The lowest BCUT2D eigenvalue weighted by atomic mass is 9.73. The van der Waals surface area contributed by atoms with E-state index >= 15 is 0 Å². The van der Waals surface area contributed by atoms with Gasteiger partial charge in [-0.05, 0) is 59.9 Å². The quantitative estimate of drug-likeness (QED) is 0.526. The Hall–Kier alpha value is -1.68. The molecule has 0 saturated carbocycles. The number of fused-ring (bicyclic) bond motifs is 1. The van der Waals surface area contributed by atoms with Gasteiger partial charge in [0, 0.05) is 11.6 Å². The number of alkyl halides is 4. The van der Waals surface area contributed by atoms with E-state index in [1.165, 1.54) is 11.6 Å². The molecule has 3 rings (SSSR count). The zero-order valence-electron chi connectivity index (χ0n) is 15.6. The summed E-state index contributed by atoms with van der Waals surface area (Å²) in [4.78, 5) is 0. The highest BCUT2D eigenvalue weighted by Gasteiger charge is 2.37. The minimum Gasteiger partial charge on any atom is -0.378 e. The molecule has 0 bridgehead atoms. The predicted octanol–water partition coefficient (Wildman–Crippen LogP) is 7.25. The third kappa shape index (κ3) is 4.43. The van der Waals surface area contributed by atoms with Gasteiger partial charge in [0.05, 0.1) is 11.6 Å². The Morgan fingerprint density at radius 3 is 2.44 bits per heavy atom. The maximum atomic E-state index is 13.2. The van der Waals surface area contributed by atoms with E-state index in [9.17, 15) is 13.2 Å². The summed E-state index contributed by atoms with van der Waals surface area (Å²) >= 11 is 5.97. The second-order valence-electron chi connectivity index (χ2n) is 7.62. The van der Waals surface area contributed by atoms with Crippen molar-refractivity contribution < 1.29 is 13.2 Å². The zero-order chi connectivity index (χ0) is 19.6. The van der Waals surface area contributed by atoms with Crippen LogP contribution in [0.4, 0.5) is 18.9 Å². The van der Waals surface area contributed by atoms with Gasteiger partial charge in [0.25, 0.3) is 0 Å². The summed E-state index contributed by atoms with van der Waals surface area (Å²) in [5.74, 6) is 1.21. The smallest absolute Gasteiger partial charge is 0.378 e. The molecule has 2 aromatic carbocycles. The molecule has 1 aliphatic rings. The molecule has 1 aliphatic heterocycles. The van der Waals surface area contributed by atoms with Crippen LogP contribution >= 0.6 is 11.6 Å². The molecule has 1 unspecified atom stereocenters. The molecule has 0 aliphatic carbocycles. The molecule has 5 heteroatoms. The Bertz CT molecular complexity index is 760. The highest BCUT2D eigenvalue weighted by atomic mass is 35.5. The van der Waals surface area contributed by atoms with Crippen molar-refractivity contribution in [3.8, 4) is 0 Å². The molecular weight excluding hydrogens is 371 g/mol. The largest absolute Gasteiger partial charge is 0.416 e. The van der Waals surface area contributed by atoms with Crippen molar-refractivity contribution in [3.63, 3.8) is 0 Å². The Morgan fingerprint density at radius 2 is 1.81 bits per heavy atom. The summed E-state index contributed by atoms with van der Waals surface area (Å²) in [6.45, 7) is 4.16. The summed E-state index contributed by atoms with van der Waals surface area (Å²) in [5, 5.41) is 3.51. The van der Waals surface area contributed by atoms with Crippen molar-refractivity contribution in [2.45, 2.75) is 44.8 Å². The highest BCUT2D eigenvalue weighted by Crippen LogP contribution is 2.48. The predicted molar refractivity (Wildman–Crippen MR) is 105 cm³/mol. The van der Waals surface area contributed by atoms with Crippen LogP contribution < -0.4 is 5.32 Å². The monoisotopic (exact) mass is 395 g/mol. The summed E-state index contributed by atoms with van der Waals surface area (Å²) in [7, 11) is 0. The number of halogens is 4. The Kier molecular flexibility index (Phi) is 6.05. The average Bonchev–Trinajstić information content (AvgIpc) is 2.66. The first-order chi connectivity index (χ1) is 12.8. The Labute approximate surface area is 163 Å². The minimum absolute atomic E-state index is 0.0243. The molecular formula is C22H25ClF3N. The van der Waals surface area contributed by atoms with Crippen LogP contribution in [0.15, 0.2) is 48.5 Å². The van der Waals surface area contributed by atoms with Gasteiger partial charge in [-0.3, -0.25) is 0 Å². The second-order valence-corrected chi connectivity index (χ2v) is 7.93. The van der Waals surface area contributed by atoms with Crippen molar-refractivity contribution in [1.29, 1.82) is 0 Å². The highest BCUT2D eigenvalue weighted by molar-refractivity contribution is 6.18. The molecule has 1 nitrogen and oxygen atoms in total. The first-order valence-corrected chi connectivity index (χ1v) is 9.93. The van der Waals surface area contributed by atoms with E-state index in [-0.39, 0.29) is 17.9 Å². The molecule has 0 saturated heterocycles. The molecule has 27 heavy (non-hydrogen) atoms. The first kappa shape index (κ1) is 20.1. The second kappa shape index (κ2) is 8.14. The van der Waals surface area contributed by atoms with Crippen molar-refractivity contribution in [2.24, 2.45) is 11.8 Å². The lowest BCUT2D eigenvalue weighted by Crippen LogP contribution is -2.31. The number of hydrogen-bond donors (Lipinski definition) is 1. The lowest BCUT2D eigenvalue weighted by Gasteiger charge is -2.40. The standard InChI is InChI=1S/C22H25ClF3N/c1-14(13-23)8-10-18-15(2)19-12-17(22(24,25)26)9-11-20(19)27-21(18)16-6-4-3-5-7-16/h3-7,9,11-12,14-15,18,21,27H,8,10,13H2,1-2H3/t14-,15?,18-,21+/m1/s1. The third-order valence-corrected chi connectivity index (χ3v) is 6.19. The fourth-order valence-corrected chi connectivity index (χ4v) is 4.16. The van der Waals surface area contributed by atoms with E-state index in [0.717, 1.165) is 30.2 Å². The maximum absolute atomic E-state index is 13.2. The van der Waals surface area contributed by atoms with Crippen molar-refractivity contribution >= 4 is 17.3 Å². The average molecular weight is 396 g/mol. The summed E-state index contributed by atoms with van der Waals surface area (Å²) in [5.41, 5.74) is 2.13. The van der Waals surface area contributed by atoms with E-state index in [1.807, 2.05) is 25.1 Å². The van der Waals surface area contributed by atoms with Crippen molar-refractivity contribution in [3.05, 3.63) is 65.2 Å². The number of hydrogen-bond acceptors (Lipinski definition) is 1. The van der Waals surface area contributed by atoms with E-state index in [2.05, 4.69) is 24.4 Å². The van der Waals surface area contributed by atoms with Crippen LogP contribution in [-0.4, -0.2) is 5.88 Å². The lowest BCUT2D eigenvalue weighted by molar-refractivity contribution is -0.137. The molecule has 0 aromatic heterocycles. The number of nitrogens with one attached hydrogen (secondary N) is 1. The molecule has 1 N–H and O–H groups in total. The van der Waals surface area contributed by atoms with Crippen LogP contribution in [0, 0.1) is 11.8 Å². The van der Waals surface area contributed by atoms with Gasteiger partial charge in [0.1, 0.15) is 0 Å². The number of benzene rings is 2. The van der Waals surface area contributed by atoms with Gasteiger partial charge < -0.3 is 5.32 Å². The van der Waals surface area contributed by atoms with E-state index in [0.29, 0.717) is 11.8 Å².